The van der Waals surface area contributed by atoms with Crippen molar-refractivity contribution in [2.24, 2.45) is 0 Å². The molecule has 168 valence electrons. The zero-order valence-electron chi connectivity index (χ0n) is 17.1. The number of piperazine rings is 1. The zero-order chi connectivity index (χ0) is 22.3. The van der Waals surface area contributed by atoms with Gasteiger partial charge in [-0.15, -0.1) is 11.3 Å². The lowest BCUT2D eigenvalue weighted by atomic mass is 10.2. The number of carbonyl (C=O) groups excluding carboxylic acids is 1. The number of benzene rings is 2. The lowest BCUT2D eigenvalue weighted by Gasteiger charge is -2.33. The monoisotopic (exact) mass is 476 g/mol. The van der Waals surface area contributed by atoms with Gasteiger partial charge < -0.3 is 14.4 Å². The van der Waals surface area contributed by atoms with E-state index in [1.165, 1.54) is 39.9 Å². The first-order valence-electron chi connectivity index (χ1n) is 10.3. The highest BCUT2D eigenvalue weighted by Crippen LogP contribution is 2.33. The van der Waals surface area contributed by atoms with Crippen LogP contribution >= 0.6 is 11.3 Å². The maximum Gasteiger partial charge on any atom is 0.264 e. The van der Waals surface area contributed by atoms with Gasteiger partial charge in [0.2, 0.25) is 10.0 Å². The highest BCUT2D eigenvalue weighted by Gasteiger charge is 2.31. The van der Waals surface area contributed by atoms with Crippen LogP contribution in [-0.4, -0.2) is 62.9 Å². The average molecular weight is 477 g/mol. The number of amides is 1. The summed E-state index contributed by atoms with van der Waals surface area (Å²) < 4.78 is 53.0. The van der Waals surface area contributed by atoms with E-state index in [1.807, 2.05) is 0 Å². The second-order valence-corrected chi connectivity index (χ2v) is 10.7. The molecule has 1 amide bonds. The largest absolute Gasteiger partial charge is 0.490 e. The smallest absolute Gasteiger partial charge is 0.264 e. The van der Waals surface area contributed by atoms with E-state index in [0.29, 0.717) is 34.3 Å². The Kier molecular flexibility index (Phi) is 5.52. The van der Waals surface area contributed by atoms with Crippen LogP contribution in [0.15, 0.2) is 47.4 Å². The van der Waals surface area contributed by atoms with Crippen LogP contribution in [0.1, 0.15) is 16.1 Å². The number of hydrogen-bond donors (Lipinski definition) is 0. The van der Waals surface area contributed by atoms with Crippen molar-refractivity contribution in [1.29, 1.82) is 0 Å². The minimum absolute atomic E-state index is 0.146. The summed E-state index contributed by atoms with van der Waals surface area (Å²) in [6.45, 7) is 1.96. The van der Waals surface area contributed by atoms with Gasteiger partial charge in [0, 0.05) is 43.4 Å². The molecule has 2 aromatic carbocycles. The molecule has 1 saturated heterocycles. The summed E-state index contributed by atoms with van der Waals surface area (Å²) in [7, 11) is -3.73. The number of sulfonamides is 1. The van der Waals surface area contributed by atoms with Crippen molar-refractivity contribution in [2.45, 2.75) is 11.3 Å². The van der Waals surface area contributed by atoms with Crippen molar-refractivity contribution in [3.8, 4) is 11.5 Å². The number of halogens is 1. The predicted molar refractivity (Wildman–Crippen MR) is 118 cm³/mol. The Labute approximate surface area is 189 Å². The summed E-state index contributed by atoms with van der Waals surface area (Å²) in [5, 5.41) is 0.815. The summed E-state index contributed by atoms with van der Waals surface area (Å²) in [5.74, 6) is 0.463. The first-order chi connectivity index (χ1) is 15.4. The fourth-order valence-corrected chi connectivity index (χ4v) is 6.34. The van der Waals surface area contributed by atoms with Crippen LogP contribution in [0, 0.1) is 5.82 Å². The summed E-state index contributed by atoms with van der Waals surface area (Å²) in [4.78, 5) is 15.2. The first kappa shape index (κ1) is 21.2. The Morgan fingerprint density at radius 3 is 2.47 bits per heavy atom. The van der Waals surface area contributed by atoms with E-state index in [0.717, 1.165) is 11.8 Å². The number of ether oxygens (including phenoxy) is 2. The van der Waals surface area contributed by atoms with Gasteiger partial charge in [-0.2, -0.15) is 4.31 Å². The highest BCUT2D eigenvalue weighted by molar-refractivity contribution is 7.89. The van der Waals surface area contributed by atoms with E-state index >= 15 is 0 Å². The number of carbonyl (C=O) groups is 1. The number of hydrogen-bond acceptors (Lipinski definition) is 6. The molecule has 0 N–H and O–H groups in total. The number of rotatable bonds is 3. The van der Waals surface area contributed by atoms with Gasteiger partial charge in [-0.1, -0.05) is 6.07 Å². The molecular weight excluding hydrogens is 455 g/mol. The molecular formula is C22H21FN2O5S2. The standard InChI is InChI=1S/C22H21FN2O5S2/c23-16-3-2-15-12-21(31-20(15)13-16)22(26)24-6-8-25(9-7-24)32(27,28)17-4-5-18-19(14-17)30-11-1-10-29-18/h2-5,12-14H,1,6-11H2. The Bertz CT molecular complexity index is 1280. The van der Waals surface area contributed by atoms with Crippen molar-refractivity contribution < 1.29 is 27.1 Å². The molecule has 0 saturated carbocycles. The minimum atomic E-state index is -3.73. The van der Waals surface area contributed by atoms with Crippen LogP contribution in [0.2, 0.25) is 0 Å². The Hall–Kier alpha value is -2.69. The van der Waals surface area contributed by atoms with Gasteiger partial charge in [-0.05, 0) is 35.7 Å². The maximum absolute atomic E-state index is 13.4. The third kappa shape index (κ3) is 3.94. The van der Waals surface area contributed by atoms with Gasteiger partial charge in [0.05, 0.1) is 23.0 Å². The molecule has 0 radical (unpaired) electrons. The summed E-state index contributed by atoms with van der Waals surface area (Å²) in [5.41, 5.74) is 0. The Morgan fingerprint density at radius 1 is 0.938 bits per heavy atom. The summed E-state index contributed by atoms with van der Waals surface area (Å²) in [6.07, 6.45) is 0.738. The molecule has 3 aromatic rings. The molecule has 0 unspecified atom stereocenters. The molecule has 7 nitrogen and oxygen atoms in total. The molecule has 2 aliphatic heterocycles. The lowest BCUT2D eigenvalue weighted by Crippen LogP contribution is -2.50. The first-order valence-corrected chi connectivity index (χ1v) is 12.6. The van der Waals surface area contributed by atoms with E-state index in [9.17, 15) is 17.6 Å². The summed E-state index contributed by atoms with van der Waals surface area (Å²) in [6, 6.07) is 10.8. The van der Waals surface area contributed by atoms with Crippen molar-refractivity contribution in [3.63, 3.8) is 0 Å². The van der Waals surface area contributed by atoms with Gasteiger partial charge in [-0.3, -0.25) is 4.79 Å². The van der Waals surface area contributed by atoms with Gasteiger partial charge >= 0.3 is 0 Å². The second kappa shape index (κ2) is 8.34. The van der Waals surface area contributed by atoms with Crippen LogP contribution < -0.4 is 9.47 Å². The van der Waals surface area contributed by atoms with Crippen molar-refractivity contribution in [3.05, 3.63) is 53.2 Å². The SMILES string of the molecule is O=C(c1cc2ccc(F)cc2s1)N1CCN(S(=O)(=O)c2ccc3c(c2)OCCCO3)CC1. The Balaban J connectivity index is 1.29. The lowest BCUT2D eigenvalue weighted by molar-refractivity contribution is 0.0703. The molecule has 3 heterocycles. The molecule has 32 heavy (non-hydrogen) atoms. The van der Waals surface area contributed by atoms with Crippen LogP contribution in [0.25, 0.3) is 10.1 Å². The molecule has 0 spiro atoms. The summed E-state index contributed by atoms with van der Waals surface area (Å²) >= 11 is 1.24. The normalized spacial score (nSPS) is 17.3. The highest BCUT2D eigenvalue weighted by atomic mass is 32.2. The van der Waals surface area contributed by atoms with Gasteiger partial charge in [0.25, 0.3) is 5.91 Å². The van der Waals surface area contributed by atoms with Gasteiger partial charge in [-0.25, -0.2) is 12.8 Å². The van der Waals surface area contributed by atoms with Crippen molar-refractivity contribution in [2.75, 3.05) is 39.4 Å². The number of fused-ring (bicyclic) bond motifs is 2. The molecule has 0 bridgehead atoms. The van der Waals surface area contributed by atoms with Gasteiger partial charge in [0.1, 0.15) is 5.82 Å². The van der Waals surface area contributed by atoms with Crippen LogP contribution in [0.4, 0.5) is 4.39 Å². The molecule has 0 atom stereocenters. The van der Waals surface area contributed by atoms with E-state index in [2.05, 4.69) is 0 Å². The zero-order valence-corrected chi connectivity index (χ0v) is 18.8. The van der Waals surface area contributed by atoms with Crippen LogP contribution in [0.3, 0.4) is 0 Å². The average Bonchev–Trinajstić information content (AvgIpc) is 3.07. The molecule has 2 aliphatic rings. The van der Waals surface area contributed by atoms with Crippen molar-refractivity contribution >= 4 is 37.4 Å². The maximum atomic E-state index is 13.4. The van der Waals surface area contributed by atoms with E-state index in [4.69, 9.17) is 9.47 Å². The fraction of sp³-hybridized carbons (Fsp3) is 0.318. The number of thiophene rings is 1. The molecule has 5 rings (SSSR count). The van der Waals surface area contributed by atoms with E-state index < -0.39 is 10.0 Å². The van der Waals surface area contributed by atoms with E-state index in [-0.39, 0.29) is 42.8 Å². The minimum Gasteiger partial charge on any atom is -0.490 e. The van der Waals surface area contributed by atoms with Crippen LogP contribution in [-0.2, 0) is 10.0 Å². The van der Waals surface area contributed by atoms with Crippen LogP contribution in [0.5, 0.6) is 11.5 Å². The topological polar surface area (TPSA) is 76.2 Å². The Morgan fingerprint density at radius 2 is 1.69 bits per heavy atom. The second-order valence-electron chi connectivity index (χ2n) is 7.65. The molecule has 1 fully saturated rings. The third-order valence-corrected chi connectivity index (χ3v) is 8.56. The van der Waals surface area contributed by atoms with E-state index in [1.54, 1.807) is 23.1 Å². The quantitative estimate of drug-likeness (QED) is 0.580. The molecule has 1 aromatic heterocycles. The molecule has 10 heteroatoms. The third-order valence-electron chi connectivity index (χ3n) is 5.58. The number of nitrogens with zero attached hydrogens (tertiary/aromatic N) is 2. The predicted octanol–water partition coefficient (Wildman–Crippen LogP) is 3.35. The van der Waals surface area contributed by atoms with Crippen molar-refractivity contribution in [1.82, 2.24) is 9.21 Å². The molecule has 0 aliphatic carbocycles. The van der Waals surface area contributed by atoms with Gasteiger partial charge in [0.15, 0.2) is 11.5 Å². The fourth-order valence-electron chi connectivity index (χ4n) is 3.85.